The van der Waals surface area contributed by atoms with Crippen molar-refractivity contribution in [1.29, 1.82) is 0 Å². The van der Waals surface area contributed by atoms with Crippen LogP contribution < -0.4 is 0 Å². The van der Waals surface area contributed by atoms with Crippen LogP contribution in [0.5, 0.6) is 0 Å². The Morgan fingerprint density at radius 2 is 1.26 bits per heavy atom. The van der Waals surface area contributed by atoms with Crippen LogP contribution in [0.25, 0.3) is 0 Å². The van der Waals surface area contributed by atoms with Crippen LogP contribution >= 0.6 is 0 Å². The molecular weight excluding hydrogens is 440 g/mol. The zero-order valence-corrected chi connectivity index (χ0v) is 19.9. The normalized spacial score (nSPS) is 22.3. The Kier molecular flexibility index (Phi) is 7.85. The molecule has 2 aliphatic heterocycles. The number of carbonyl (C=O) groups excluding carboxylic acids is 1. The summed E-state index contributed by atoms with van der Waals surface area (Å²) in [5.74, 6) is 0.119. The molecule has 0 saturated carbocycles. The topological polar surface area (TPSA) is 51.2 Å². The summed E-state index contributed by atoms with van der Waals surface area (Å²) in [5.41, 5.74) is 3.31. The van der Waals surface area contributed by atoms with Crippen molar-refractivity contribution in [2.24, 2.45) is 0 Å². The molecule has 2 fully saturated rings. The van der Waals surface area contributed by atoms with Crippen molar-refractivity contribution in [3.63, 3.8) is 0 Å². The highest BCUT2D eigenvalue weighted by Crippen LogP contribution is 2.30. The van der Waals surface area contributed by atoms with Gasteiger partial charge in [0.05, 0.1) is 26.4 Å². The molecule has 0 unspecified atom stereocenters. The van der Waals surface area contributed by atoms with Gasteiger partial charge in [-0.15, -0.1) is 0 Å². The summed E-state index contributed by atoms with van der Waals surface area (Å²) < 4.78 is 19.1. The Bertz CT molecular complexity index is 1060. The third-order valence-corrected chi connectivity index (χ3v) is 6.59. The molecule has 5 rings (SSSR count). The van der Waals surface area contributed by atoms with Gasteiger partial charge in [0.25, 0.3) is 0 Å². The summed E-state index contributed by atoms with van der Waals surface area (Å²) in [5, 5.41) is 3.97. The number of ether oxygens (including phenoxy) is 3. The molecule has 0 bridgehead atoms. The maximum atomic E-state index is 12.9. The molecule has 3 aromatic rings. The van der Waals surface area contributed by atoms with Crippen LogP contribution in [-0.4, -0.2) is 53.9 Å². The molecule has 35 heavy (non-hydrogen) atoms. The third-order valence-electron chi connectivity index (χ3n) is 6.59. The van der Waals surface area contributed by atoms with E-state index in [0.29, 0.717) is 45.9 Å². The zero-order valence-electron chi connectivity index (χ0n) is 19.9. The van der Waals surface area contributed by atoms with Gasteiger partial charge >= 0.3 is 0 Å². The summed E-state index contributed by atoms with van der Waals surface area (Å²) in [6, 6.07) is 30.1. The predicted molar refractivity (Wildman–Crippen MR) is 133 cm³/mol. The van der Waals surface area contributed by atoms with Gasteiger partial charge in [0.15, 0.2) is 0 Å². The molecular formula is C29H32N2O4. The van der Waals surface area contributed by atoms with Crippen LogP contribution in [-0.2, 0) is 38.8 Å². The lowest BCUT2D eigenvalue weighted by atomic mass is 10.0. The van der Waals surface area contributed by atoms with Crippen molar-refractivity contribution < 1.29 is 19.0 Å². The fraction of sp³-hybridized carbons (Fsp3) is 0.345. The number of hydrazine groups is 1. The number of hydrogen-bond donors (Lipinski definition) is 0. The zero-order chi connectivity index (χ0) is 23.9. The first-order valence-corrected chi connectivity index (χ1v) is 12.3. The van der Waals surface area contributed by atoms with E-state index in [-0.39, 0.29) is 24.2 Å². The van der Waals surface area contributed by atoms with Gasteiger partial charge in [-0.05, 0) is 16.7 Å². The predicted octanol–water partition coefficient (Wildman–Crippen LogP) is 4.21. The SMILES string of the molecule is O=C1CCN2C[C@@H](OCc3ccccc3)[C@H](OCc3ccccc3)[C@@H](COCc3ccccc3)N12. The van der Waals surface area contributed by atoms with E-state index in [0.717, 1.165) is 16.7 Å². The van der Waals surface area contributed by atoms with Gasteiger partial charge < -0.3 is 14.2 Å². The van der Waals surface area contributed by atoms with Crippen molar-refractivity contribution in [2.45, 2.75) is 44.5 Å². The average Bonchev–Trinajstić information content (AvgIpc) is 3.28. The fourth-order valence-corrected chi connectivity index (χ4v) is 4.82. The molecule has 0 aliphatic carbocycles. The number of rotatable bonds is 10. The molecule has 6 heteroatoms. The van der Waals surface area contributed by atoms with Crippen LogP contribution in [0.2, 0.25) is 0 Å². The third kappa shape index (κ3) is 5.97. The van der Waals surface area contributed by atoms with Crippen LogP contribution in [0.3, 0.4) is 0 Å². The van der Waals surface area contributed by atoms with Crippen LogP contribution in [0.15, 0.2) is 91.0 Å². The Morgan fingerprint density at radius 1 is 0.714 bits per heavy atom. The van der Waals surface area contributed by atoms with Crippen molar-refractivity contribution in [1.82, 2.24) is 10.0 Å². The van der Waals surface area contributed by atoms with Gasteiger partial charge in [-0.3, -0.25) is 9.80 Å². The molecule has 0 radical (unpaired) electrons. The van der Waals surface area contributed by atoms with E-state index in [1.54, 1.807) is 0 Å². The number of benzene rings is 3. The van der Waals surface area contributed by atoms with E-state index in [9.17, 15) is 4.79 Å². The van der Waals surface area contributed by atoms with E-state index in [1.807, 2.05) is 71.7 Å². The van der Waals surface area contributed by atoms with E-state index in [4.69, 9.17) is 14.2 Å². The number of fused-ring (bicyclic) bond motifs is 1. The lowest BCUT2D eigenvalue weighted by molar-refractivity contribution is -0.213. The monoisotopic (exact) mass is 472 g/mol. The second-order valence-electron chi connectivity index (χ2n) is 9.07. The van der Waals surface area contributed by atoms with E-state index >= 15 is 0 Å². The fourth-order valence-electron chi connectivity index (χ4n) is 4.82. The minimum Gasteiger partial charge on any atom is -0.374 e. The first-order chi connectivity index (χ1) is 17.3. The van der Waals surface area contributed by atoms with Crippen LogP contribution in [0, 0.1) is 0 Å². The van der Waals surface area contributed by atoms with Gasteiger partial charge in [-0.2, -0.15) is 0 Å². The molecule has 1 amide bonds. The standard InChI is InChI=1S/C29H32N2O4/c32-28-16-17-30-18-27(34-20-24-12-6-2-7-13-24)29(35-21-25-14-8-3-9-15-25)26(31(28)30)22-33-19-23-10-4-1-5-11-23/h1-15,26-27,29H,16-22H2/t26-,27-,29-/m1/s1. The lowest BCUT2D eigenvalue weighted by Gasteiger charge is -2.47. The van der Waals surface area contributed by atoms with E-state index in [2.05, 4.69) is 29.3 Å². The van der Waals surface area contributed by atoms with Gasteiger partial charge in [0.2, 0.25) is 5.91 Å². The Labute approximate surface area is 207 Å². The molecule has 0 aromatic heterocycles. The smallest absolute Gasteiger partial charge is 0.238 e. The molecule has 0 N–H and O–H groups in total. The van der Waals surface area contributed by atoms with Crippen molar-refractivity contribution >= 4 is 5.91 Å². The molecule has 0 spiro atoms. The summed E-state index contributed by atoms with van der Waals surface area (Å²) >= 11 is 0. The highest BCUT2D eigenvalue weighted by molar-refractivity contribution is 5.78. The first kappa shape index (κ1) is 23.7. The highest BCUT2D eigenvalue weighted by atomic mass is 16.5. The molecule has 182 valence electrons. The minimum atomic E-state index is -0.312. The summed E-state index contributed by atoms with van der Waals surface area (Å²) in [7, 11) is 0. The maximum absolute atomic E-state index is 12.9. The molecule has 3 atom stereocenters. The molecule has 2 aliphatic rings. The summed E-state index contributed by atoms with van der Waals surface area (Å²) in [6.07, 6.45) is 0.00538. The summed E-state index contributed by atoms with van der Waals surface area (Å²) in [4.78, 5) is 12.9. The second kappa shape index (κ2) is 11.6. The van der Waals surface area contributed by atoms with Crippen LogP contribution in [0.4, 0.5) is 0 Å². The molecule has 2 saturated heterocycles. The van der Waals surface area contributed by atoms with E-state index < -0.39 is 0 Å². The van der Waals surface area contributed by atoms with Crippen molar-refractivity contribution in [3.8, 4) is 0 Å². The summed E-state index contributed by atoms with van der Waals surface area (Å²) in [6.45, 7) is 3.13. The maximum Gasteiger partial charge on any atom is 0.238 e. The van der Waals surface area contributed by atoms with Crippen molar-refractivity contribution in [2.75, 3.05) is 19.7 Å². The second-order valence-corrected chi connectivity index (χ2v) is 9.07. The van der Waals surface area contributed by atoms with Crippen LogP contribution in [0.1, 0.15) is 23.1 Å². The van der Waals surface area contributed by atoms with Gasteiger partial charge in [0, 0.05) is 19.5 Å². The molecule has 3 aromatic carbocycles. The molecule has 2 heterocycles. The first-order valence-electron chi connectivity index (χ1n) is 12.3. The van der Waals surface area contributed by atoms with Crippen molar-refractivity contribution in [3.05, 3.63) is 108 Å². The van der Waals surface area contributed by atoms with E-state index in [1.165, 1.54) is 0 Å². The quantitative estimate of drug-likeness (QED) is 0.443. The average molecular weight is 473 g/mol. The number of nitrogens with zero attached hydrogens (tertiary/aromatic N) is 2. The highest BCUT2D eigenvalue weighted by Gasteiger charge is 2.48. The number of hydrogen-bond acceptors (Lipinski definition) is 5. The Morgan fingerprint density at radius 3 is 1.86 bits per heavy atom. The number of carbonyl (C=O) groups is 1. The molecule has 6 nitrogen and oxygen atoms in total. The Balaban J connectivity index is 1.34. The van der Waals surface area contributed by atoms with Gasteiger partial charge in [-0.25, -0.2) is 5.01 Å². The minimum absolute atomic E-state index is 0.119. The number of amides is 1. The van der Waals surface area contributed by atoms with Gasteiger partial charge in [0.1, 0.15) is 18.2 Å². The van der Waals surface area contributed by atoms with Gasteiger partial charge in [-0.1, -0.05) is 91.0 Å². The lowest BCUT2D eigenvalue weighted by Crippen LogP contribution is -2.65. The Hall–Kier alpha value is -3.03. The largest absolute Gasteiger partial charge is 0.374 e.